The highest BCUT2D eigenvalue weighted by Gasteiger charge is 2.16. The normalized spacial score (nSPS) is 10.3. The number of phenolic OH excluding ortho intramolecular Hbond substituents is 1. The van der Waals surface area contributed by atoms with Crippen molar-refractivity contribution < 1.29 is 9.90 Å². The molecule has 5 heteroatoms. The van der Waals surface area contributed by atoms with Crippen LogP contribution in [0.2, 0.25) is 0 Å². The first-order valence-corrected chi connectivity index (χ1v) is 7.10. The second-order valence-corrected chi connectivity index (χ2v) is 5.78. The lowest BCUT2D eigenvalue weighted by atomic mass is 10.2. The van der Waals surface area contributed by atoms with E-state index >= 15 is 0 Å². The van der Waals surface area contributed by atoms with Crippen molar-refractivity contribution in [1.29, 1.82) is 0 Å². The van der Waals surface area contributed by atoms with Crippen molar-refractivity contribution >= 4 is 43.5 Å². The van der Waals surface area contributed by atoms with Crippen LogP contribution in [0.15, 0.2) is 51.4 Å². The van der Waals surface area contributed by atoms with E-state index in [1.165, 1.54) is 4.90 Å². The molecule has 98 valence electrons. The molecule has 0 saturated heterocycles. The molecule has 0 aliphatic carbocycles. The first-order valence-electron chi connectivity index (χ1n) is 5.51. The van der Waals surface area contributed by atoms with Crippen LogP contribution in [-0.4, -0.2) is 18.1 Å². The Kier molecular flexibility index (Phi) is 4.27. The fraction of sp³-hybridized carbons (Fsp3) is 0.0714. The maximum atomic E-state index is 12.4. The molecule has 0 saturated carbocycles. The molecule has 1 amide bonds. The molecular weight excluding hydrogens is 374 g/mol. The number of carbonyl (C=O) groups excluding carboxylic acids is 1. The zero-order chi connectivity index (χ0) is 14.0. The van der Waals surface area contributed by atoms with Crippen molar-refractivity contribution in [3.05, 3.63) is 57.0 Å². The van der Waals surface area contributed by atoms with Gasteiger partial charge in [-0.1, -0.05) is 22.0 Å². The summed E-state index contributed by atoms with van der Waals surface area (Å²) in [5, 5.41) is 9.46. The lowest BCUT2D eigenvalue weighted by Gasteiger charge is -2.18. The average molecular weight is 385 g/mol. The summed E-state index contributed by atoms with van der Waals surface area (Å²) >= 11 is 6.72. The summed E-state index contributed by atoms with van der Waals surface area (Å²) < 4.78 is 1.57. The molecule has 0 spiro atoms. The highest BCUT2D eigenvalue weighted by Crippen LogP contribution is 2.25. The Morgan fingerprint density at radius 1 is 1.16 bits per heavy atom. The van der Waals surface area contributed by atoms with Gasteiger partial charge in [0.1, 0.15) is 5.75 Å². The predicted molar refractivity (Wildman–Crippen MR) is 82.7 cm³/mol. The summed E-state index contributed by atoms with van der Waals surface area (Å²) in [6, 6.07) is 12.0. The molecule has 19 heavy (non-hydrogen) atoms. The molecule has 2 rings (SSSR count). The Bertz CT molecular complexity index is 629. The number of halogens is 2. The van der Waals surface area contributed by atoms with Crippen LogP contribution in [0.3, 0.4) is 0 Å². The fourth-order valence-corrected chi connectivity index (χ4v) is 2.44. The van der Waals surface area contributed by atoms with Crippen molar-refractivity contribution in [2.45, 2.75) is 0 Å². The monoisotopic (exact) mass is 383 g/mol. The van der Waals surface area contributed by atoms with Gasteiger partial charge in [-0.2, -0.15) is 0 Å². The van der Waals surface area contributed by atoms with Crippen molar-refractivity contribution in [2.75, 3.05) is 11.9 Å². The molecule has 0 atom stereocenters. The van der Waals surface area contributed by atoms with Gasteiger partial charge in [0.2, 0.25) is 0 Å². The Morgan fingerprint density at radius 2 is 1.89 bits per heavy atom. The van der Waals surface area contributed by atoms with Crippen LogP contribution in [0.1, 0.15) is 10.4 Å². The Labute approximate surface area is 128 Å². The van der Waals surface area contributed by atoms with Gasteiger partial charge in [-0.05, 0) is 46.3 Å². The Hall–Kier alpha value is -1.33. The third-order valence-electron chi connectivity index (χ3n) is 2.68. The number of phenols is 1. The number of hydrogen-bond donors (Lipinski definition) is 1. The van der Waals surface area contributed by atoms with E-state index < -0.39 is 0 Å². The molecule has 2 aromatic carbocycles. The van der Waals surface area contributed by atoms with Gasteiger partial charge in [0.15, 0.2) is 0 Å². The minimum atomic E-state index is -0.154. The third kappa shape index (κ3) is 3.16. The lowest BCUT2D eigenvalue weighted by molar-refractivity contribution is 0.0992. The van der Waals surface area contributed by atoms with Crippen LogP contribution >= 0.6 is 31.9 Å². The third-order valence-corrected chi connectivity index (χ3v) is 3.87. The van der Waals surface area contributed by atoms with Gasteiger partial charge in [0, 0.05) is 27.7 Å². The van der Waals surface area contributed by atoms with Gasteiger partial charge < -0.3 is 10.0 Å². The van der Waals surface area contributed by atoms with Crippen LogP contribution in [0, 0.1) is 0 Å². The smallest absolute Gasteiger partial charge is 0.259 e. The van der Waals surface area contributed by atoms with E-state index in [0.29, 0.717) is 11.3 Å². The van der Waals surface area contributed by atoms with Gasteiger partial charge in [0.05, 0.1) is 5.56 Å². The van der Waals surface area contributed by atoms with Gasteiger partial charge in [-0.15, -0.1) is 0 Å². The van der Waals surface area contributed by atoms with E-state index in [-0.39, 0.29) is 11.7 Å². The molecule has 0 aliphatic rings. The molecule has 0 fully saturated rings. The van der Waals surface area contributed by atoms with Crippen LogP contribution in [0.4, 0.5) is 5.69 Å². The summed E-state index contributed by atoms with van der Waals surface area (Å²) in [4.78, 5) is 13.9. The second-order valence-electron chi connectivity index (χ2n) is 4.01. The molecule has 0 radical (unpaired) electrons. The van der Waals surface area contributed by atoms with Crippen LogP contribution < -0.4 is 4.90 Å². The van der Waals surface area contributed by atoms with Gasteiger partial charge >= 0.3 is 0 Å². The minimum Gasteiger partial charge on any atom is -0.508 e. The zero-order valence-electron chi connectivity index (χ0n) is 10.1. The van der Waals surface area contributed by atoms with Gasteiger partial charge in [-0.3, -0.25) is 4.79 Å². The van der Waals surface area contributed by atoms with E-state index in [9.17, 15) is 9.90 Å². The van der Waals surface area contributed by atoms with Crippen molar-refractivity contribution in [1.82, 2.24) is 0 Å². The zero-order valence-corrected chi connectivity index (χ0v) is 13.3. The number of rotatable bonds is 2. The van der Waals surface area contributed by atoms with E-state index in [1.807, 2.05) is 12.1 Å². The highest BCUT2D eigenvalue weighted by molar-refractivity contribution is 9.11. The number of nitrogens with zero attached hydrogens (tertiary/aromatic N) is 1. The van der Waals surface area contributed by atoms with Gasteiger partial charge in [0.25, 0.3) is 5.91 Å². The lowest BCUT2D eigenvalue weighted by Crippen LogP contribution is -2.26. The molecule has 0 aliphatic heterocycles. The van der Waals surface area contributed by atoms with Crippen molar-refractivity contribution in [2.24, 2.45) is 0 Å². The van der Waals surface area contributed by atoms with E-state index in [1.54, 1.807) is 37.4 Å². The minimum absolute atomic E-state index is 0.130. The number of aromatic hydroxyl groups is 1. The fourth-order valence-electron chi connectivity index (χ4n) is 1.66. The number of anilines is 1. The Morgan fingerprint density at radius 3 is 2.58 bits per heavy atom. The number of hydrogen-bond acceptors (Lipinski definition) is 2. The number of benzene rings is 2. The molecule has 3 nitrogen and oxygen atoms in total. The van der Waals surface area contributed by atoms with E-state index in [4.69, 9.17) is 0 Å². The molecular formula is C14H11Br2NO2. The molecule has 2 aromatic rings. The maximum Gasteiger partial charge on any atom is 0.259 e. The number of carbonyl (C=O) groups is 1. The predicted octanol–water partition coefficient (Wildman–Crippen LogP) is 4.19. The quantitative estimate of drug-likeness (QED) is 0.843. The number of amides is 1. The summed E-state index contributed by atoms with van der Waals surface area (Å²) in [7, 11) is 1.67. The molecule has 0 unspecified atom stereocenters. The summed E-state index contributed by atoms with van der Waals surface area (Å²) in [6.45, 7) is 0. The topological polar surface area (TPSA) is 40.5 Å². The highest BCUT2D eigenvalue weighted by atomic mass is 79.9. The SMILES string of the molecule is CN(C(=O)c1cc(Br)ccc1Br)c1cccc(O)c1. The largest absolute Gasteiger partial charge is 0.508 e. The van der Waals surface area contributed by atoms with E-state index in [2.05, 4.69) is 31.9 Å². The molecule has 0 aromatic heterocycles. The van der Waals surface area contributed by atoms with Crippen LogP contribution in [0.5, 0.6) is 5.75 Å². The second kappa shape index (κ2) is 5.75. The van der Waals surface area contributed by atoms with Crippen molar-refractivity contribution in [3.8, 4) is 5.75 Å². The van der Waals surface area contributed by atoms with E-state index in [0.717, 1.165) is 8.95 Å². The molecule has 0 heterocycles. The van der Waals surface area contributed by atoms with Crippen LogP contribution in [0.25, 0.3) is 0 Å². The van der Waals surface area contributed by atoms with Crippen molar-refractivity contribution in [3.63, 3.8) is 0 Å². The Balaban J connectivity index is 2.36. The summed E-state index contributed by atoms with van der Waals surface area (Å²) in [5.74, 6) is -0.0239. The first-order chi connectivity index (χ1) is 8.99. The molecule has 0 bridgehead atoms. The standard InChI is InChI=1S/C14H11Br2NO2/c1-17(10-3-2-4-11(18)8-10)14(19)12-7-9(15)5-6-13(12)16/h2-8,18H,1H3. The molecule has 1 N–H and O–H groups in total. The summed E-state index contributed by atoms with van der Waals surface area (Å²) in [5.41, 5.74) is 1.19. The maximum absolute atomic E-state index is 12.4. The van der Waals surface area contributed by atoms with Crippen LogP contribution in [-0.2, 0) is 0 Å². The summed E-state index contributed by atoms with van der Waals surface area (Å²) in [6.07, 6.45) is 0. The van der Waals surface area contributed by atoms with Gasteiger partial charge in [-0.25, -0.2) is 0 Å². The average Bonchev–Trinajstić information content (AvgIpc) is 2.40. The first kappa shape index (κ1) is 14.1.